The van der Waals surface area contributed by atoms with E-state index in [1.165, 1.54) is 6.26 Å². The van der Waals surface area contributed by atoms with Gasteiger partial charge in [0.15, 0.2) is 5.82 Å². The number of likely N-dealkylation sites (tertiary alicyclic amines) is 1. The molecule has 2 heterocycles. The van der Waals surface area contributed by atoms with Gasteiger partial charge in [-0.2, -0.15) is 0 Å². The van der Waals surface area contributed by atoms with Gasteiger partial charge in [0.2, 0.25) is 0 Å². The minimum Gasteiger partial charge on any atom is -0.362 e. The van der Waals surface area contributed by atoms with Gasteiger partial charge < -0.3 is 9.42 Å². The van der Waals surface area contributed by atoms with Crippen LogP contribution in [0.1, 0.15) is 45.1 Å². The molecule has 1 fully saturated rings. The molecule has 1 aliphatic heterocycles. The molecule has 116 valence electrons. The Balaban J connectivity index is 2.01. The summed E-state index contributed by atoms with van der Waals surface area (Å²) in [7, 11) is 0. The Bertz CT molecular complexity index is 512. The van der Waals surface area contributed by atoms with E-state index < -0.39 is 11.8 Å². The van der Waals surface area contributed by atoms with E-state index in [0.717, 1.165) is 25.7 Å². The van der Waals surface area contributed by atoms with Crippen LogP contribution in [0.3, 0.4) is 0 Å². The second-order valence-corrected chi connectivity index (χ2v) is 5.77. The molecule has 1 saturated heterocycles. The summed E-state index contributed by atoms with van der Waals surface area (Å²) in [5.41, 5.74) is 0.702. The van der Waals surface area contributed by atoms with Gasteiger partial charge in [0.05, 0.1) is 0 Å². The maximum atomic E-state index is 12.4. The Morgan fingerprint density at radius 3 is 2.95 bits per heavy atom. The van der Waals surface area contributed by atoms with E-state index in [1.54, 1.807) is 11.8 Å². The second-order valence-electron chi connectivity index (χ2n) is 5.77. The van der Waals surface area contributed by atoms with Gasteiger partial charge in [0.1, 0.15) is 6.26 Å². The monoisotopic (exact) mass is 293 g/mol. The number of anilines is 1. The Kier molecular flexibility index (Phi) is 4.98. The molecular weight excluding hydrogens is 270 g/mol. The van der Waals surface area contributed by atoms with Crippen LogP contribution >= 0.6 is 0 Å². The zero-order valence-electron chi connectivity index (χ0n) is 12.9. The quantitative estimate of drug-likeness (QED) is 0.865. The fourth-order valence-electron chi connectivity index (χ4n) is 2.98. The van der Waals surface area contributed by atoms with E-state index in [1.807, 2.05) is 0 Å². The fraction of sp³-hybridized carbons (Fsp3) is 0.667. The summed E-state index contributed by atoms with van der Waals surface area (Å²) in [5.74, 6) is -0.376. The Hall–Kier alpha value is -1.85. The molecule has 1 aliphatic rings. The molecule has 0 bridgehead atoms. The molecule has 21 heavy (non-hydrogen) atoms. The van der Waals surface area contributed by atoms with Gasteiger partial charge in [-0.05, 0) is 32.1 Å². The normalized spacial score (nSPS) is 19.6. The number of rotatable bonds is 4. The molecule has 0 unspecified atom stereocenters. The summed E-state index contributed by atoms with van der Waals surface area (Å²) >= 11 is 0. The largest absolute Gasteiger partial charge is 0.362 e. The molecule has 6 heteroatoms. The predicted octanol–water partition coefficient (Wildman–Crippen LogP) is 2.35. The maximum Gasteiger partial charge on any atom is 0.315 e. The molecule has 1 N–H and O–H groups in total. The Morgan fingerprint density at radius 1 is 1.57 bits per heavy atom. The molecular formula is C15H23N3O3. The minimum atomic E-state index is -0.636. The van der Waals surface area contributed by atoms with Gasteiger partial charge in [-0.3, -0.25) is 14.9 Å². The van der Waals surface area contributed by atoms with Crippen LogP contribution in [0.5, 0.6) is 0 Å². The first-order chi connectivity index (χ1) is 10.0. The summed E-state index contributed by atoms with van der Waals surface area (Å²) in [4.78, 5) is 26.2. The first kappa shape index (κ1) is 15.5. The standard InChI is InChI=1S/C15H23N3O3/c1-4-6-10(2)12-7-5-8-18(12)15(20)14(19)16-13-11(3)9-21-17-13/h9-10,12H,4-8H2,1-3H3,(H,16,17,19)/t10-,12+/m0/s1. The van der Waals surface area contributed by atoms with Crippen LogP contribution in [0.2, 0.25) is 0 Å². The molecule has 6 nitrogen and oxygen atoms in total. The van der Waals surface area contributed by atoms with Gasteiger partial charge in [0.25, 0.3) is 0 Å². The van der Waals surface area contributed by atoms with Crippen LogP contribution in [-0.2, 0) is 9.59 Å². The Labute approximate surface area is 124 Å². The molecule has 0 aliphatic carbocycles. The van der Waals surface area contributed by atoms with Gasteiger partial charge in [-0.1, -0.05) is 25.4 Å². The zero-order valence-corrected chi connectivity index (χ0v) is 12.9. The summed E-state index contributed by atoms with van der Waals surface area (Å²) in [5, 5.41) is 6.19. The number of nitrogens with one attached hydrogen (secondary N) is 1. The number of hydrogen-bond acceptors (Lipinski definition) is 4. The van der Waals surface area contributed by atoms with Crippen LogP contribution in [0.25, 0.3) is 0 Å². The number of aromatic nitrogens is 1. The number of aryl methyl sites for hydroxylation is 1. The number of carbonyl (C=O) groups is 2. The summed E-state index contributed by atoms with van der Waals surface area (Å²) in [6, 6.07) is 0.168. The highest BCUT2D eigenvalue weighted by molar-refractivity contribution is 6.39. The maximum absolute atomic E-state index is 12.4. The van der Waals surface area contributed by atoms with E-state index in [-0.39, 0.29) is 6.04 Å². The van der Waals surface area contributed by atoms with Gasteiger partial charge in [-0.25, -0.2) is 0 Å². The van der Waals surface area contributed by atoms with Crippen LogP contribution in [0.4, 0.5) is 5.82 Å². The predicted molar refractivity (Wildman–Crippen MR) is 78.7 cm³/mol. The first-order valence-corrected chi connectivity index (χ1v) is 7.57. The van der Waals surface area contributed by atoms with Crippen molar-refractivity contribution in [2.45, 2.75) is 52.5 Å². The molecule has 0 radical (unpaired) electrons. The highest BCUT2D eigenvalue weighted by atomic mass is 16.5. The third-order valence-corrected chi connectivity index (χ3v) is 4.13. The number of amides is 2. The van der Waals surface area contributed by atoms with E-state index in [0.29, 0.717) is 23.8 Å². The lowest BCUT2D eigenvalue weighted by molar-refractivity contribution is -0.144. The van der Waals surface area contributed by atoms with Gasteiger partial charge >= 0.3 is 11.8 Å². The lowest BCUT2D eigenvalue weighted by Crippen LogP contribution is -2.45. The van der Waals surface area contributed by atoms with Crippen molar-refractivity contribution in [3.63, 3.8) is 0 Å². The van der Waals surface area contributed by atoms with Crippen molar-refractivity contribution < 1.29 is 14.1 Å². The first-order valence-electron chi connectivity index (χ1n) is 7.57. The fourth-order valence-corrected chi connectivity index (χ4v) is 2.98. The van der Waals surface area contributed by atoms with E-state index in [9.17, 15) is 9.59 Å². The van der Waals surface area contributed by atoms with Gasteiger partial charge in [0, 0.05) is 18.2 Å². The molecule has 2 amide bonds. The van der Waals surface area contributed by atoms with E-state index >= 15 is 0 Å². The molecule has 0 saturated carbocycles. The second kappa shape index (κ2) is 6.74. The molecule has 0 spiro atoms. The Morgan fingerprint density at radius 2 is 2.33 bits per heavy atom. The highest BCUT2D eigenvalue weighted by Gasteiger charge is 2.35. The lowest BCUT2D eigenvalue weighted by atomic mass is 9.95. The molecule has 2 rings (SSSR count). The number of nitrogens with zero attached hydrogens (tertiary/aromatic N) is 2. The van der Waals surface area contributed by atoms with Crippen molar-refractivity contribution in [3.8, 4) is 0 Å². The van der Waals surface area contributed by atoms with E-state index in [2.05, 4.69) is 24.3 Å². The average Bonchev–Trinajstić information content (AvgIpc) is 3.08. The van der Waals surface area contributed by atoms with Crippen LogP contribution < -0.4 is 5.32 Å². The summed E-state index contributed by atoms with van der Waals surface area (Å²) < 4.78 is 4.75. The number of hydrogen-bond donors (Lipinski definition) is 1. The third kappa shape index (κ3) is 3.43. The van der Waals surface area contributed by atoms with Crippen LogP contribution in [0, 0.1) is 12.8 Å². The van der Waals surface area contributed by atoms with Crippen molar-refractivity contribution in [2.24, 2.45) is 5.92 Å². The van der Waals surface area contributed by atoms with Crippen molar-refractivity contribution in [1.82, 2.24) is 10.1 Å². The molecule has 2 atom stereocenters. The lowest BCUT2D eigenvalue weighted by Gasteiger charge is -2.28. The smallest absolute Gasteiger partial charge is 0.315 e. The summed E-state index contributed by atoms with van der Waals surface area (Å²) in [6.45, 7) is 6.71. The van der Waals surface area contributed by atoms with E-state index in [4.69, 9.17) is 4.52 Å². The van der Waals surface area contributed by atoms with Crippen molar-refractivity contribution in [2.75, 3.05) is 11.9 Å². The molecule has 1 aromatic heterocycles. The van der Waals surface area contributed by atoms with Gasteiger partial charge in [-0.15, -0.1) is 0 Å². The topological polar surface area (TPSA) is 75.4 Å². The zero-order chi connectivity index (χ0) is 15.4. The third-order valence-electron chi connectivity index (χ3n) is 4.13. The minimum absolute atomic E-state index is 0.168. The van der Waals surface area contributed by atoms with Crippen LogP contribution in [-0.4, -0.2) is 34.5 Å². The number of carbonyl (C=O) groups excluding carboxylic acids is 2. The highest BCUT2D eigenvalue weighted by Crippen LogP contribution is 2.27. The van der Waals surface area contributed by atoms with Crippen molar-refractivity contribution in [1.29, 1.82) is 0 Å². The van der Waals surface area contributed by atoms with Crippen molar-refractivity contribution in [3.05, 3.63) is 11.8 Å². The SMILES string of the molecule is CCC[C@H](C)[C@H]1CCCN1C(=O)C(=O)Nc1nocc1C. The average molecular weight is 293 g/mol. The summed E-state index contributed by atoms with van der Waals surface area (Å²) in [6.07, 6.45) is 5.52. The molecule has 0 aromatic carbocycles. The van der Waals surface area contributed by atoms with Crippen molar-refractivity contribution >= 4 is 17.6 Å². The molecule has 1 aromatic rings. The van der Waals surface area contributed by atoms with Crippen LogP contribution in [0.15, 0.2) is 10.8 Å².